The van der Waals surface area contributed by atoms with Crippen LogP contribution in [0, 0.1) is 16.7 Å². The molecule has 0 saturated heterocycles. The van der Waals surface area contributed by atoms with Gasteiger partial charge < -0.3 is 0 Å². The standard InChI is InChI=1S/C13H18N4S.C8H12/c1-8-5-4-6-11(10(8)3)12(14)17-13(15)18-7-9(2)16-17;1-4-6-7-8(3)5-2/h4,6,8,14-15H,5,7H2,1-3H3;4-7H,1H2,2-3H3/b;7-6-,8-5-. The van der Waals surface area contributed by atoms with Gasteiger partial charge >= 0.3 is 0 Å². The van der Waals surface area contributed by atoms with Crippen LogP contribution >= 0.6 is 11.8 Å². The van der Waals surface area contributed by atoms with E-state index in [1.807, 2.05) is 32.1 Å². The van der Waals surface area contributed by atoms with Gasteiger partial charge in [-0.25, -0.2) is 0 Å². The number of allylic oxidation sites excluding steroid dienone is 7. The van der Waals surface area contributed by atoms with Gasteiger partial charge in [-0.3, -0.25) is 10.8 Å². The number of hydrogen-bond donors (Lipinski definition) is 2. The van der Waals surface area contributed by atoms with E-state index in [9.17, 15) is 0 Å². The van der Waals surface area contributed by atoms with Gasteiger partial charge in [-0.2, -0.15) is 10.1 Å². The summed E-state index contributed by atoms with van der Waals surface area (Å²) < 4.78 is 0. The average Bonchev–Trinajstić information content (AvgIpc) is 2.64. The van der Waals surface area contributed by atoms with Crippen molar-refractivity contribution in [2.75, 3.05) is 5.75 Å². The van der Waals surface area contributed by atoms with Crippen LogP contribution < -0.4 is 0 Å². The average molecular weight is 371 g/mol. The first-order valence-electron chi connectivity index (χ1n) is 8.75. The molecule has 5 heteroatoms. The molecule has 0 fully saturated rings. The SMILES string of the molecule is C=C/C=C\C(C)=C/C.CC1=NN(C(=N)C2=C(C)C(C)CC=C2)C(=N)SC1. The molecule has 2 rings (SSSR count). The van der Waals surface area contributed by atoms with Crippen LogP contribution in [0.15, 0.2) is 64.9 Å². The maximum atomic E-state index is 8.27. The minimum atomic E-state index is 0.312. The van der Waals surface area contributed by atoms with Gasteiger partial charge in [-0.05, 0) is 40.0 Å². The molecule has 1 heterocycles. The Morgan fingerprint density at radius 3 is 2.73 bits per heavy atom. The normalized spacial score (nSPS) is 20.7. The molecule has 0 aromatic rings. The highest BCUT2D eigenvalue weighted by Crippen LogP contribution is 2.27. The lowest BCUT2D eigenvalue weighted by atomic mass is 9.89. The summed E-state index contributed by atoms with van der Waals surface area (Å²) in [5.41, 5.74) is 4.33. The fraction of sp³-hybridized carbons (Fsp3) is 0.381. The lowest BCUT2D eigenvalue weighted by molar-refractivity contribution is 0.644. The quantitative estimate of drug-likeness (QED) is 0.367. The Hall–Kier alpha value is -2.14. The molecule has 0 aromatic heterocycles. The zero-order valence-electron chi connectivity index (χ0n) is 16.5. The van der Waals surface area contributed by atoms with Gasteiger partial charge in [0.15, 0.2) is 11.0 Å². The highest BCUT2D eigenvalue weighted by atomic mass is 32.2. The van der Waals surface area contributed by atoms with E-state index in [1.165, 1.54) is 27.9 Å². The number of thioether (sulfide) groups is 1. The van der Waals surface area contributed by atoms with E-state index in [0.717, 1.165) is 23.5 Å². The zero-order valence-corrected chi connectivity index (χ0v) is 17.3. The third-order valence-corrected chi connectivity index (χ3v) is 5.24. The Bertz CT molecular complexity index is 708. The summed E-state index contributed by atoms with van der Waals surface area (Å²) in [6.45, 7) is 13.8. The van der Waals surface area contributed by atoms with Crippen molar-refractivity contribution in [2.45, 2.75) is 41.0 Å². The summed E-state index contributed by atoms with van der Waals surface area (Å²) in [5, 5.41) is 22.2. The molecule has 1 unspecified atom stereocenters. The van der Waals surface area contributed by atoms with Gasteiger partial charge in [-0.1, -0.05) is 72.9 Å². The molecule has 26 heavy (non-hydrogen) atoms. The summed E-state index contributed by atoms with van der Waals surface area (Å²) in [4.78, 5) is 0. The van der Waals surface area contributed by atoms with Crippen molar-refractivity contribution in [3.63, 3.8) is 0 Å². The van der Waals surface area contributed by atoms with Crippen LogP contribution in [0.25, 0.3) is 0 Å². The topological polar surface area (TPSA) is 63.3 Å². The van der Waals surface area contributed by atoms with Gasteiger partial charge in [0, 0.05) is 17.0 Å². The number of nitrogens with zero attached hydrogens (tertiary/aromatic N) is 2. The lowest BCUT2D eigenvalue weighted by Crippen LogP contribution is -2.35. The third-order valence-electron chi connectivity index (χ3n) is 4.24. The predicted molar refractivity (Wildman–Crippen MR) is 117 cm³/mol. The van der Waals surface area contributed by atoms with E-state index in [2.05, 4.69) is 44.6 Å². The summed E-state index contributed by atoms with van der Waals surface area (Å²) >= 11 is 1.42. The van der Waals surface area contributed by atoms with Crippen LogP contribution in [0.1, 0.15) is 41.0 Å². The van der Waals surface area contributed by atoms with Crippen molar-refractivity contribution in [3.05, 3.63) is 59.8 Å². The van der Waals surface area contributed by atoms with E-state index in [1.54, 1.807) is 6.08 Å². The molecular weight excluding hydrogens is 340 g/mol. The van der Waals surface area contributed by atoms with Crippen LogP contribution in [-0.4, -0.2) is 27.5 Å². The van der Waals surface area contributed by atoms with Crippen LogP contribution in [0.3, 0.4) is 0 Å². The Labute approximate surface area is 162 Å². The second kappa shape index (κ2) is 10.8. The van der Waals surface area contributed by atoms with Crippen molar-refractivity contribution in [1.82, 2.24) is 5.01 Å². The van der Waals surface area contributed by atoms with Gasteiger partial charge in [0.05, 0.1) is 0 Å². The number of hydrogen-bond acceptors (Lipinski definition) is 4. The highest BCUT2D eigenvalue weighted by Gasteiger charge is 2.24. The van der Waals surface area contributed by atoms with Gasteiger partial charge in [0.1, 0.15) is 0 Å². The molecule has 2 aliphatic rings. The Morgan fingerprint density at radius 1 is 1.42 bits per heavy atom. The van der Waals surface area contributed by atoms with Crippen molar-refractivity contribution in [2.24, 2.45) is 11.0 Å². The van der Waals surface area contributed by atoms with E-state index >= 15 is 0 Å². The van der Waals surface area contributed by atoms with E-state index in [4.69, 9.17) is 10.8 Å². The number of amidine groups is 2. The molecule has 4 nitrogen and oxygen atoms in total. The Kier molecular flexibility index (Phi) is 9.07. The van der Waals surface area contributed by atoms with E-state index in [0.29, 0.717) is 16.9 Å². The molecule has 0 aromatic carbocycles. The number of rotatable bonds is 3. The van der Waals surface area contributed by atoms with Crippen LogP contribution in [-0.2, 0) is 0 Å². The van der Waals surface area contributed by atoms with Crippen molar-refractivity contribution < 1.29 is 0 Å². The number of nitrogens with one attached hydrogen (secondary N) is 2. The van der Waals surface area contributed by atoms with Gasteiger partial charge in [0.25, 0.3) is 0 Å². The minimum Gasteiger partial charge on any atom is -0.282 e. The summed E-state index contributed by atoms with van der Waals surface area (Å²) in [6.07, 6.45) is 12.9. The smallest absolute Gasteiger partial charge is 0.183 e. The molecule has 0 spiro atoms. The zero-order chi connectivity index (χ0) is 19.7. The fourth-order valence-electron chi connectivity index (χ4n) is 2.29. The van der Waals surface area contributed by atoms with Crippen molar-refractivity contribution in [3.8, 4) is 0 Å². The van der Waals surface area contributed by atoms with E-state index < -0.39 is 0 Å². The Morgan fingerprint density at radius 2 is 2.12 bits per heavy atom. The third kappa shape index (κ3) is 6.30. The summed E-state index contributed by atoms with van der Waals surface area (Å²) in [6, 6.07) is 0. The minimum absolute atomic E-state index is 0.312. The lowest BCUT2D eigenvalue weighted by Gasteiger charge is -2.27. The number of hydrazone groups is 1. The van der Waals surface area contributed by atoms with Gasteiger partial charge in [0.2, 0.25) is 0 Å². The molecule has 1 atom stereocenters. The maximum Gasteiger partial charge on any atom is 0.183 e. The second-order valence-electron chi connectivity index (χ2n) is 6.35. The van der Waals surface area contributed by atoms with Crippen LogP contribution in [0.4, 0.5) is 0 Å². The first kappa shape index (κ1) is 21.9. The van der Waals surface area contributed by atoms with Crippen molar-refractivity contribution >= 4 is 28.5 Å². The summed E-state index contributed by atoms with van der Waals surface area (Å²) in [5.74, 6) is 1.52. The molecule has 1 aliphatic carbocycles. The molecule has 0 amide bonds. The monoisotopic (exact) mass is 370 g/mol. The highest BCUT2D eigenvalue weighted by molar-refractivity contribution is 8.14. The molecular formula is C21H30N4S. The molecule has 0 radical (unpaired) electrons. The summed E-state index contributed by atoms with van der Waals surface area (Å²) in [7, 11) is 0. The van der Waals surface area contributed by atoms with Crippen molar-refractivity contribution in [1.29, 1.82) is 10.8 Å². The first-order valence-corrected chi connectivity index (χ1v) is 9.74. The maximum absolute atomic E-state index is 8.27. The second-order valence-corrected chi connectivity index (χ2v) is 7.32. The molecule has 140 valence electrons. The Balaban J connectivity index is 0.000000359. The predicted octanol–water partition coefficient (Wildman–Crippen LogP) is 5.93. The molecule has 1 aliphatic heterocycles. The molecule has 0 bridgehead atoms. The molecule has 0 saturated carbocycles. The first-order chi connectivity index (χ1) is 12.3. The van der Waals surface area contributed by atoms with Gasteiger partial charge in [-0.15, -0.1) is 0 Å². The van der Waals surface area contributed by atoms with E-state index in [-0.39, 0.29) is 0 Å². The van der Waals surface area contributed by atoms with Crippen LogP contribution in [0.5, 0.6) is 0 Å². The van der Waals surface area contributed by atoms with Crippen LogP contribution in [0.2, 0.25) is 0 Å². The largest absolute Gasteiger partial charge is 0.282 e. The fourth-order valence-corrected chi connectivity index (χ4v) is 2.95. The molecule has 2 N–H and O–H groups in total.